The Bertz CT molecular complexity index is 575. The van der Waals surface area contributed by atoms with Crippen molar-refractivity contribution < 1.29 is 23.8 Å². The van der Waals surface area contributed by atoms with Gasteiger partial charge in [0, 0.05) is 6.42 Å². The molecule has 4 unspecified atom stereocenters. The number of nitrogens with zero attached hydrogens (tertiary/aromatic N) is 1. The second-order valence-corrected chi connectivity index (χ2v) is 6.38. The van der Waals surface area contributed by atoms with E-state index in [9.17, 15) is 4.79 Å². The van der Waals surface area contributed by atoms with Crippen molar-refractivity contribution in [2.75, 3.05) is 0 Å². The van der Waals surface area contributed by atoms with Crippen molar-refractivity contribution in [2.24, 2.45) is 0 Å². The van der Waals surface area contributed by atoms with Gasteiger partial charge in [0.15, 0.2) is 5.79 Å². The molecule has 4 rings (SSSR count). The number of rotatable bonds is 2. The molecule has 0 spiro atoms. The highest BCUT2D eigenvalue weighted by Gasteiger charge is 2.62. The summed E-state index contributed by atoms with van der Waals surface area (Å²) >= 11 is 0. The molecule has 3 fully saturated rings. The van der Waals surface area contributed by atoms with Gasteiger partial charge in [-0.2, -0.15) is 5.06 Å². The number of hydrogen-bond donors (Lipinski definition) is 0. The van der Waals surface area contributed by atoms with Crippen molar-refractivity contribution in [1.29, 1.82) is 0 Å². The quantitative estimate of drug-likeness (QED) is 0.838. The summed E-state index contributed by atoms with van der Waals surface area (Å²) in [6.45, 7) is 3.99. The molecular weight excluding hydrogens is 286 g/mol. The average Bonchev–Trinajstić information content (AvgIpc) is 3.14. The number of ether oxygens (including phenoxy) is 3. The molecule has 1 aromatic carbocycles. The van der Waals surface area contributed by atoms with Crippen molar-refractivity contribution >= 4 is 6.09 Å². The number of carbonyl (C=O) groups excluding carboxylic acids is 1. The third-order valence-electron chi connectivity index (χ3n) is 4.32. The Labute approximate surface area is 128 Å². The molecule has 0 radical (unpaired) electrons. The van der Waals surface area contributed by atoms with E-state index >= 15 is 0 Å². The van der Waals surface area contributed by atoms with Crippen LogP contribution < -0.4 is 0 Å². The van der Waals surface area contributed by atoms with Gasteiger partial charge in [0.25, 0.3) is 0 Å². The minimum Gasteiger partial charge on any atom is -0.443 e. The molecule has 0 N–H and O–H groups in total. The van der Waals surface area contributed by atoms with Crippen LogP contribution in [0.15, 0.2) is 30.3 Å². The fourth-order valence-corrected chi connectivity index (χ4v) is 3.43. The van der Waals surface area contributed by atoms with Crippen LogP contribution in [-0.4, -0.2) is 41.3 Å². The number of hydroxylamine groups is 2. The van der Waals surface area contributed by atoms with Gasteiger partial charge in [0.1, 0.15) is 24.9 Å². The Morgan fingerprint density at radius 1 is 1.27 bits per heavy atom. The molecule has 3 aliphatic rings. The highest BCUT2D eigenvalue weighted by atomic mass is 16.8. The van der Waals surface area contributed by atoms with Gasteiger partial charge in [-0.1, -0.05) is 30.3 Å². The number of fused-ring (bicyclic) bond motifs is 5. The van der Waals surface area contributed by atoms with E-state index in [4.69, 9.17) is 19.0 Å². The molecule has 22 heavy (non-hydrogen) atoms. The van der Waals surface area contributed by atoms with E-state index < -0.39 is 11.9 Å². The summed E-state index contributed by atoms with van der Waals surface area (Å²) in [4.78, 5) is 17.9. The summed E-state index contributed by atoms with van der Waals surface area (Å²) in [5.41, 5.74) is 0.944. The first-order chi connectivity index (χ1) is 10.5. The molecule has 4 atom stereocenters. The molecule has 2 bridgehead atoms. The first-order valence-electron chi connectivity index (χ1n) is 7.56. The SMILES string of the molecule is CC1(C)OC2C3CC(C2O1)N(C(=O)OCc1ccccc1)O3. The van der Waals surface area contributed by atoms with E-state index in [1.807, 2.05) is 44.2 Å². The van der Waals surface area contributed by atoms with Crippen LogP contribution >= 0.6 is 0 Å². The summed E-state index contributed by atoms with van der Waals surface area (Å²) in [6, 6.07) is 9.43. The number of amides is 1. The third kappa shape index (κ3) is 2.27. The van der Waals surface area contributed by atoms with Crippen LogP contribution in [-0.2, 0) is 25.7 Å². The fraction of sp³-hybridized carbons (Fsp3) is 0.562. The second kappa shape index (κ2) is 4.94. The molecule has 1 amide bonds. The third-order valence-corrected chi connectivity index (χ3v) is 4.32. The Balaban J connectivity index is 1.39. The number of hydrogen-bond acceptors (Lipinski definition) is 5. The van der Waals surface area contributed by atoms with E-state index in [-0.39, 0.29) is 31.0 Å². The standard InChI is InChI=1S/C16H19NO5/c1-16(2)20-13-11-8-12(14(13)21-16)22-17(11)15(18)19-9-10-6-4-3-5-7-10/h3-7,11-14H,8-9H2,1-2H3. The Morgan fingerprint density at radius 3 is 2.77 bits per heavy atom. The van der Waals surface area contributed by atoms with Gasteiger partial charge in [0.2, 0.25) is 0 Å². The molecule has 6 heteroatoms. The van der Waals surface area contributed by atoms with E-state index in [1.165, 1.54) is 5.06 Å². The van der Waals surface area contributed by atoms with E-state index in [2.05, 4.69) is 0 Å². The van der Waals surface area contributed by atoms with Crippen LogP contribution in [0.1, 0.15) is 25.8 Å². The van der Waals surface area contributed by atoms with Crippen molar-refractivity contribution in [3.05, 3.63) is 35.9 Å². The van der Waals surface area contributed by atoms with E-state index in [1.54, 1.807) is 0 Å². The van der Waals surface area contributed by atoms with Gasteiger partial charge in [-0.05, 0) is 19.4 Å². The largest absolute Gasteiger partial charge is 0.443 e. The zero-order valence-electron chi connectivity index (χ0n) is 12.6. The zero-order valence-corrected chi connectivity index (χ0v) is 12.6. The first-order valence-corrected chi connectivity index (χ1v) is 7.56. The lowest BCUT2D eigenvalue weighted by Gasteiger charge is -2.30. The molecule has 2 saturated heterocycles. The summed E-state index contributed by atoms with van der Waals surface area (Å²) in [6.07, 6.45) is -0.119. The zero-order chi connectivity index (χ0) is 15.3. The van der Waals surface area contributed by atoms with Crippen LogP contribution in [0.2, 0.25) is 0 Å². The summed E-state index contributed by atoms with van der Waals surface area (Å²) in [5.74, 6) is -0.625. The van der Waals surface area contributed by atoms with Crippen molar-refractivity contribution in [3.63, 3.8) is 0 Å². The molecule has 2 aliphatic heterocycles. The minimum absolute atomic E-state index is 0.0989. The van der Waals surface area contributed by atoms with Gasteiger partial charge in [-0.3, -0.25) is 4.84 Å². The minimum atomic E-state index is -0.625. The summed E-state index contributed by atoms with van der Waals surface area (Å²) < 4.78 is 17.1. The van der Waals surface area contributed by atoms with E-state index in [0.29, 0.717) is 0 Å². The molecule has 1 aliphatic carbocycles. The Hall–Kier alpha value is -1.63. The fourth-order valence-electron chi connectivity index (χ4n) is 3.43. The van der Waals surface area contributed by atoms with Gasteiger partial charge >= 0.3 is 6.09 Å². The van der Waals surface area contributed by atoms with Crippen LogP contribution in [0.25, 0.3) is 0 Å². The predicted molar refractivity (Wildman–Crippen MR) is 75.6 cm³/mol. The van der Waals surface area contributed by atoms with Crippen LogP contribution in [0.5, 0.6) is 0 Å². The van der Waals surface area contributed by atoms with Crippen molar-refractivity contribution in [3.8, 4) is 0 Å². The van der Waals surface area contributed by atoms with E-state index in [0.717, 1.165) is 12.0 Å². The molecule has 118 valence electrons. The lowest BCUT2D eigenvalue weighted by atomic mass is 10.2. The van der Waals surface area contributed by atoms with Crippen LogP contribution in [0, 0.1) is 0 Å². The molecule has 1 aromatic rings. The summed E-state index contributed by atoms with van der Waals surface area (Å²) in [5, 5.41) is 1.32. The van der Waals surface area contributed by atoms with Gasteiger partial charge in [0.05, 0.1) is 6.04 Å². The predicted octanol–water partition coefficient (Wildman–Crippen LogP) is 2.23. The maximum Gasteiger partial charge on any atom is 0.434 e. The Morgan fingerprint density at radius 2 is 2.00 bits per heavy atom. The molecular formula is C16H19NO5. The lowest BCUT2D eigenvalue weighted by molar-refractivity contribution is -0.202. The molecule has 2 heterocycles. The average molecular weight is 305 g/mol. The monoisotopic (exact) mass is 305 g/mol. The molecule has 6 nitrogen and oxygen atoms in total. The normalized spacial score (nSPS) is 34.7. The number of benzene rings is 1. The van der Waals surface area contributed by atoms with Crippen LogP contribution in [0.3, 0.4) is 0 Å². The topological polar surface area (TPSA) is 57.2 Å². The van der Waals surface area contributed by atoms with Gasteiger partial charge in [-0.15, -0.1) is 0 Å². The first kappa shape index (κ1) is 14.0. The highest BCUT2D eigenvalue weighted by molar-refractivity contribution is 5.67. The maximum absolute atomic E-state index is 12.2. The lowest BCUT2D eigenvalue weighted by Crippen LogP contribution is -2.49. The maximum atomic E-state index is 12.2. The van der Waals surface area contributed by atoms with Gasteiger partial charge in [-0.25, -0.2) is 4.79 Å². The number of carbonyl (C=O) groups is 1. The highest BCUT2D eigenvalue weighted by Crippen LogP contribution is 2.46. The van der Waals surface area contributed by atoms with Crippen molar-refractivity contribution in [2.45, 2.75) is 57.0 Å². The smallest absolute Gasteiger partial charge is 0.434 e. The van der Waals surface area contributed by atoms with Gasteiger partial charge < -0.3 is 14.2 Å². The Kier molecular flexibility index (Phi) is 3.14. The molecule has 1 saturated carbocycles. The van der Waals surface area contributed by atoms with Crippen molar-refractivity contribution in [1.82, 2.24) is 5.06 Å². The summed E-state index contributed by atoms with van der Waals surface area (Å²) in [7, 11) is 0. The molecule has 0 aromatic heterocycles. The second-order valence-electron chi connectivity index (χ2n) is 6.38. The van der Waals surface area contributed by atoms with Crippen LogP contribution in [0.4, 0.5) is 4.79 Å².